The summed E-state index contributed by atoms with van der Waals surface area (Å²) in [6, 6.07) is 12.2. The number of primary amides is 1. The van der Waals surface area contributed by atoms with E-state index < -0.39 is 6.03 Å². The highest BCUT2D eigenvalue weighted by Crippen LogP contribution is 2.28. The van der Waals surface area contributed by atoms with Crippen molar-refractivity contribution in [1.29, 1.82) is 0 Å². The molecule has 0 aromatic heterocycles. The van der Waals surface area contributed by atoms with Gasteiger partial charge in [-0.25, -0.2) is 4.79 Å². The van der Waals surface area contributed by atoms with E-state index in [2.05, 4.69) is 10.6 Å². The predicted octanol–water partition coefficient (Wildman–Crippen LogP) is 2.62. The molecular weight excluding hydrogens is 358 g/mol. The minimum absolute atomic E-state index is 0.148. The lowest BCUT2D eigenvalue weighted by molar-refractivity contribution is 0.0954. The van der Waals surface area contributed by atoms with Crippen molar-refractivity contribution < 1.29 is 19.1 Å². The molecule has 4 N–H and O–H groups in total. The Morgan fingerprint density at radius 1 is 0.893 bits per heavy atom. The van der Waals surface area contributed by atoms with E-state index in [0.29, 0.717) is 44.0 Å². The molecule has 0 aliphatic heterocycles. The molecule has 0 fully saturated rings. The van der Waals surface area contributed by atoms with Crippen LogP contribution < -0.4 is 25.8 Å². The first-order chi connectivity index (χ1) is 13.5. The summed E-state index contributed by atoms with van der Waals surface area (Å²) >= 11 is 0. The number of amides is 3. The molecule has 3 amide bonds. The lowest BCUT2D eigenvalue weighted by Gasteiger charge is -2.12. The van der Waals surface area contributed by atoms with Crippen molar-refractivity contribution in [2.24, 2.45) is 5.73 Å². The van der Waals surface area contributed by atoms with Gasteiger partial charge < -0.3 is 25.8 Å². The van der Waals surface area contributed by atoms with Gasteiger partial charge in [0, 0.05) is 18.7 Å². The number of benzene rings is 2. The Morgan fingerprint density at radius 2 is 1.54 bits per heavy atom. The molecule has 0 unspecified atom stereocenters. The Kier molecular flexibility index (Phi) is 8.14. The summed E-state index contributed by atoms with van der Waals surface area (Å²) in [6.45, 7) is 5.83. The third kappa shape index (κ3) is 6.50. The molecule has 0 spiro atoms. The third-order valence-corrected chi connectivity index (χ3v) is 3.99. The number of ether oxygens (including phenoxy) is 2. The number of rotatable bonds is 10. The topological polar surface area (TPSA) is 103 Å². The van der Waals surface area contributed by atoms with Crippen molar-refractivity contribution in [3.05, 3.63) is 59.2 Å². The largest absolute Gasteiger partial charge is 0.490 e. The van der Waals surface area contributed by atoms with Crippen molar-refractivity contribution in [2.75, 3.05) is 19.8 Å². The second kappa shape index (κ2) is 10.8. The predicted molar refractivity (Wildman–Crippen MR) is 108 cm³/mol. The molecule has 2 rings (SSSR count). The van der Waals surface area contributed by atoms with Gasteiger partial charge in [0.15, 0.2) is 11.5 Å². The number of urea groups is 1. The Bertz CT molecular complexity index is 791. The van der Waals surface area contributed by atoms with Crippen LogP contribution >= 0.6 is 0 Å². The standard InChI is InChI=1S/C21H27N3O4/c1-3-27-18-10-7-15(13-19(18)28-4-2)11-12-23-20(25)17-8-5-16(6-9-17)14-24-21(22)26/h5-10,13H,3-4,11-12,14H2,1-2H3,(H,23,25)(H3,22,24,26). The molecule has 0 saturated heterocycles. The van der Waals surface area contributed by atoms with Crippen LogP contribution in [0.3, 0.4) is 0 Å². The summed E-state index contributed by atoms with van der Waals surface area (Å²) < 4.78 is 11.2. The van der Waals surface area contributed by atoms with Gasteiger partial charge in [-0.15, -0.1) is 0 Å². The molecule has 2 aromatic carbocycles. The number of carbonyl (C=O) groups is 2. The molecule has 28 heavy (non-hydrogen) atoms. The van der Waals surface area contributed by atoms with Gasteiger partial charge in [-0.2, -0.15) is 0 Å². The van der Waals surface area contributed by atoms with Crippen LogP contribution in [-0.4, -0.2) is 31.7 Å². The first-order valence-electron chi connectivity index (χ1n) is 9.32. The fourth-order valence-corrected chi connectivity index (χ4v) is 2.64. The first kappa shape index (κ1) is 21.1. The van der Waals surface area contributed by atoms with Crippen LogP contribution in [0.2, 0.25) is 0 Å². The van der Waals surface area contributed by atoms with Gasteiger partial charge in [0.2, 0.25) is 0 Å². The average molecular weight is 385 g/mol. The monoisotopic (exact) mass is 385 g/mol. The van der Waals surface area contributed by atoms with Gasteiger partial charge in [0.25, 0.3) is 5.91 Å². The average Bonchev–Trinajstić information content (AvgIpc) is 2.69. The maximum atomic E-state index is 12.3. The van der Waals surface area contributed by atoms with E-state index in [4.69, 9.17) is 15.2 Å². The summed E-state index contributed by atoms with van der Waals surface area (Å²) in [7, 11) is 0. The number of carbonyl (C=O) groups excluding carboxylic acids is 2. The molecule has 0 heterocycles. The molecular formula is C21H27N3O4. The van der Waals surface area contributed by atoms with Crippen molar-refractivity contribution in [2.45, 2.75) is 26.8 Å². The minimum Gasteiger partial charge on any atom is -0.490 e. The molecule has 0 bridgehead atoms. The maximum absolute atomic E-state index is 12.3. The minimum atomic E-state index is -0.580. The normalized spacial score (nSPS) is 10.2. The van der Waals surface area contributed by atoms with E-state index in [1.165, 1.54) is 0 Å². The molecule has 0 atom stereocenters. The van der Waals surface area contributed by atoms with E-state index in [1.54, 1.807) is 24.3 Å². The summed E-state index contributed by atoms with van der Waals surface area (Å²) in [5.74, 6) is 1.29. The second-order valence-electron chi connectivity index (χ2n) is 6.07. The van der Waals surface area contributed by atoms with Crippen LogP contribution in [0.25, 0.3) is 0 Å². The van der Waals surface area contributed by atoms with Crippen LogP contribution in [0.5, 0.6) is 11.5 Å². The van der Waals surface area contributed by atoms with Crippen molar-refractivity contribution in [3.63, 3.8) is 0 Å². The zero-order chi connectivity index (χ0) is 20.4. The van der Waals surface area contributed by atoms with E-state index in [-0.39, 0.29) is 5.91 Å². The molecule has 0 aliphatic rings. The SMILES string of the molecule is CCOc1ccc(CCNC(=O)c2ccc(CNC(N)=O)cc2)cc1OCC. The lowest BCUT2D eigenvalue weighted by Crippen LogP contribution is -2.28. The fraction of sp³-hybridized carbons (Fsp3) is 0.333. The van der Waals surface area contributed by atoms with Crippen molar-refractivity contribution in [3.8, 4) is 11.5 Å². The van der Waals surface area contributed by atoms with E-state index in [9.17, 15) is 9.59 Å². The molecule has 2 aromatic rings. The molecule has 0 radical (unpaired) electrons. The lowest BCUT2D eigenvalue weighted by atomic mass is 10.1. The zero-order valence-electron chi connectivity index (χ0n) is 16.3. The Balaban J connectivity index is 1.87. The van der Waals surface area contributed by atoms with E-state index in [1.807, 2.05) is 32.0 Å². The second-order valence-corrected chi connectivity index (χ2v) is 6.07. The molecule has 0 saturated carbocycles. The quantitative estimate of drug-likeness (QED) is 0.585. The van der Waals surface area contributed by atoms with Crippen molar-refractivity contribution >= 4 is 11.9 Å². The number of nitrogens with one attached hydrogen (secondary N) is 2. The summed E-state index contributed by atoms with van der Waals surface area (Å²) in [5, 5.41) is 5.42. The van der Waals surface area contributed by atoms with Crippen LogP contribution in [0.15, 0.2) is 42.5 Å². The highest BCUT2D eigenvalue weighted by molar-refractivity contribution is 5.94. The van der Waals surface area contributed by atoms with Gasteiger partial charge in [-0.3, -0.25) is 4.79 Å². The Morgan fingerprint density at radius 3 is 2.18 bits per heavy atom. The maximum Gasteiger partial charge on any atom is 0.312 e. The van der Waals surface area contributed by atoms with Crippen molar-refractivity contribution in [1.82, 2.24) is 10.6 Å². The van der Waals surface area contributed by atoms with Gasteiger partial charge in [-0.05, 0) is 55.7 Å². The van der Waals surface area contributed by atoms with Gasteiger partial charge in [0.1, 0.15) is 0 Å². The zero-order valence-corrected chi connectivity index (χ0v) is 16.3. The third-order valence-electron chi connectivity index (χ3n) is 3.99. The Hall–Kier alpha value is -3.22. The van der Waals surface area contributed by atoms with Gasteiger partial charge >= 0.3 is 6.03 Å². The van der Waals surface area contributed by atoms with Crippen LogP contribution in [0, 0.1) is 0 Å². The van der Waals surface area contributed by atoms with Crippen LogP contribution in [0.4, 0.5) is 4.79 Å². The highest BCUT2D eigenvalue weighted by atomic mass is 16.5. The smallest absolute Gasteiger partial charge is 0.312 e. The Labute approximate surface area is 165 Å². The summed E-state index contributed by atoms with van der Waals surface area (Å²) in [5.41, 5.74) is 7.53. The summed E-state index contributed by atoms with van der Waals surface area (Å²) in [4.78, 5) is 23.0. The molecule has 7 nitrogen and oxygen atoms in total. The van der Waals surface area contributed by atoms with E-state index in [0.717, 1.165) is 16.9 Å². The molecule has 7 heteroatoms. The van der Waals surface area contributed by atoms with Crippen LogP contribution in [-0.2, 0) is 13.0 Å². The first-order valence-corrected chi connectivity index (χ1v) is 9.32. The highest BCUT2D eigenvalue weighted by Gasteiger charge is 2.08. The number of nitrogens with two attached hydrogens (primary N) is 1. The van der Waals surface area contributed by atoms with E-state index >= 15 is 0 Å². The van der Waals surface area contributed by atoms with Crippen LogP contribution in [0.1, 0.15) is 35.3 Å². The molecule has 150 valence electrons. The summed E-state index contributed by atoms with van der Waals surface area (Å²) in [6.07, 6.45) is 0.679. The fourth-order valence-electron chi connectivity index (χ4n) is 2.64. The van der Waals surface area contributed by atoms with Gasteiger partial charge in [0.05, 0.1) is 13.2 Å². The number of hydrogen-bond donors (Lipinski definition) is 3. The van der Waals surface area contributed by atoms with Gasteiger partial charge in [-0.1, -0.05) is 18.2 Å². The molecule has 0 aliphatic carbocycles. The number of hydrogen-bond acceptors (Lipinski definition) is 4.